The van der Waals surface area contributed by atoms with Crippen molar-refractivity contribution in [2.75, 3.05) is 27.4 Å². The molecule has 1 aromatic carbocycles. The second-order valence-electron chi connectivity index (χ2n) is 6.03. The van der Waals surface area contributed by atoms with E-state index in [-0.39, 0.29) is 6.10 Å². The number of methoxy groups -OCH3 is 2. The minimum atomic E-state index is 0.248. The summed E-state index contributed by atoms with van der Waals surface area (Å²) in [5, 5.41) is 0. The number of likely N-dealkylation sites (tertiary alicyclic amines) is 1. The molecule has 2 heterocycles. The Balaban J connectivity index is 1.64. The van der Waals surface area contributed by atoms with Crippen LogP contribution in [0.5, 0.6) is 11.5 Å². The lowest BCUT2D eigenvalue weighted by Gasteiger charge is -2.24. The zero-order valence-corrected chi connectivity index (χ0v) is 14.2. The third kappa shape index (κ3) is 4.24. The lowest BCUT2D eigenvalue weighted by atomic mass is 10.1. The molecule has 5 heteroatoms. The second kappa shape index (κ2) is 8.13. The van der Waals surface area contributed by atoms with Crippen LogP contribution >= 0.6 is 0 Å². The highest BCUT2D eigenvalue weighted by atomic mass is 16.5. The molecule has 0 radical (unpaired) electrons. The normalized spacial score (nSPS) is 20.9. The Kier molecular flexibility index (Phi) is 5.67. The van der Waals surface area contributed by atoms with E-state index in [9.17, 15) is 0 Å². The van der Waals surface area contributed by atoms with Crippen molar-refractivity contribution in [2.24, 2.45) is 0 Å². The monoisotopic (exact) mass is 328 g/mol. The van der Waals surface area contributed by atoms with E-state index in [0.717, 1.165) is 31.0 Å². The van der Waals surface area contributed by atoms with Crippen LogP contribution in [0.2, 0.25) is 0 Å². The molecule has 1 fully saturated rings. The molecule has 1 aliphatic rings. The van der Waals surface area contributed by atoms with Crippen LogP contribution in [0.4, 0.5) is 0 Å². The van der Waals surface area contributed by atoms with Crippen LogP contribution in [0.3, 0.4) is 0 Å². The Bertz CT molecular complexity index is 636. The molecule has 0 saturated carbocycles. The summed E-state index contributed by atoms with van der Waals surface area (Å²) in [6.07, 6.45) is 4.71. The van der Waals surface area contributed by atoms with Gasteiger partial charge in [-0.15, -0.1) is 0 Å². The standard InChI is InChI=1S/C19H24N2O3/c1-22-17-6-3-5-15(9-17)12-21-13-19(23-2)10-16(21)14-24-18-7-4-8-20-11-18/h3-9,11,16,19H,10,12-14H2,1-2H3/t16-,19+/m0/s1. The second-order valence-corrected chi connectivity index (χ2v) is 6.03. The minimum absolute atomic E-state index is 0.248. The van der Waals surface area contributed by atoms with Crippen LogP contribution in [-0.4, -0.2) is 49.4 Å². The average molecular weight is 328 g/mol. The molecule has 1 saturated heterocycles. The van der Waals surface area contributed by atoms with Gasteiger partial charge in [0.05, 0.1) is 19.4 Å². The Morgan fingerprint density at radius 2 is 2.04 bits per heavy atom. The first-order chi connectivity index (χ1) is 11.8. The SMILES string of the molecule is COc1cccc(CN2C[C@H](OC)C[C@H]2COc2cccnc2)c1. The number of nitrogens with zero attached hydrogens (tertiary/aromatic N) is 2. The molecule has 0 unspecified atom stereocenters. The number of pyridine rings is 1. The maximum Gasteiger partial charge on any atom is 0.137 e. The molecule has 2 atom stereocenters. The van der Waals surface area contributed by atoms with Gasteiger partial charge in [0.15, 0.2) is 0 Å². The molecular weight excluding hydrogens is 304 g/mol. The molecule has 0 aliphatic carbocycles. The number of aromatic nitrogens is 1. The van der Waals surface area contributed by atoms with E-state index in [2.05, 4.69) is 22.0 Å². The summed E-state index contributed by atoms with van der Waals surface area (Å²) in [4.78, 5) is 6.51. The van der Waals surface area contributed by atoms with Crippen LogP contribution in [0, 0.1) is 0 Å². The third-order valence-corrected chi connectivity index (χ3v) is 4.42. The quantitative estimate of drug-likeness (QED) is 0.782. The number of benzene rings is 1. The van der Waals surface area contributed by atoms with Gasteiger partial charge in [0.25, 0.3) is 0 Å². The molecule has 0 N–H and O–H groups in total. The first-order valence-electron chi connectivity index (χ1n) is 8.21. The van der Waals surface area contributed by atoms with E-state index in [0.29, 0.717) is 12.6 Å². The molecule has 1 aromatic heterocycles. The van der Waals surface area contributed by atoms with Crippen molar-refractivity contribution in [1.82, 2.24) is 9.88 Å². The largest absolute Gasteiger partial charge is 0.497 e. The first kappa shape index (κ1) is 16.7. The van der Waals surface area contributed by atoms with Crippen molar-refractivity contribution in [3.05, 3.63) is 54.4 Å². The lowest BCUT2D eigenvalue weighted by molar-refractivity contribution is 0.107. The fraction of sp³-hybridized carbons (Fsp3) is 0.421. The van der Waals surface area contributed by atoms with Gasteiger partial charge >= 0.3 is 0 Å². The third-order valence-electron chi connectivity index (χ3n) is 4.42. The molecule has 0 spiro atoms. The van der Waals surface area contributed by atoms with Crippen LogP contribution in [0.1, 0.15) is 12.0 Å². The van der Waals surface area contributed by atoms with Crippen molar-refractivity contribution in [1.29, 1.82) is 0 Å². The summed E-state index contributed by atoms with van der Waals surface area (Å²) >= 11 is 0. The number of hydrogen-bond donors (Lipinski definition) is 0. The van der Waals surface area contributed by atoms with Gasteiger partial charge in [-0.25, -0.2) is 0 Å². The van der Waals surface area contributed by atoms with E-state index in [4.69, 9.17) is 14.2 Å². The van der Waals surface area contributed by atoms with E-state index >= 15 is 0 Å². The van der Waals surface area contributed by atoms with Gasteiger partial charge in [0, 0.05) is 32.4 Å². The summed E-state index contributed by atoms with van der Waals surface area (Å²) in [5.41, 5.74) is 1.23. The van der Waals surface area contributed by atoms with Gasteiger partial charge in [-0.2, -0.15) is 0 Å². The lowest BCUT2D eigenvalue weighted by Crippen LogP contribution is -2.33. The Morgan fingerprint density at radius 1 is 1.17 bits per heavy atom. The van der Waals surface area contributed by atoms with E-state index in [1.165, 1.54) is 5.56 Å². The summed E-state index contributed by atoms with van der Waals surface area (Å²) in [5.74, 6) is 1.69. The summed E-state index contributed by atoms with van der Waals surface area (Å²) < 4.78 is 16.8. The first-order valence-corrected chi connectivity index (χ1v) is 8.21. The average Bonchev–Trinajstić information content (AvgIpc) is 3.03. The van der Waals surface area contributed by atoms with Gasteiger partial charge < -0.3 is 14.2 Å². The van der Waals surface area contributed by atoms with Crippen LogP contribution in [-0.2, 0) is 11.3 Å². The van der Waals surface area contributed by atoms with Crippen molar-refractivity contribution in [2.45, 2.75) is 25.1 Å². The fourth-order valence-electron chi connectivity index (χ4n) is 3.11. The summed E-state index contributed by atoms with van der Waals surface area (Å²) in [7, 11) is 3.47. The number of ether oxygens (including phenoxy) is 3. The number of hydrogen-bond acceptors (Lipinski definition) is 5. The molecular formula is C19H24N2O3. The molecule has 5 nitrogen and oxygen atoms in total. The smallest absolute Gasteiger partial charge is 0.137 e. The van der Waals surface area contributed by atoms with Crippen LogP contribution in [0.25, 0.3) is 0 Å². The van der Waals surface area contributed by atoms with Gasteiger partial charge in [-0.05, 0) is 36.2 Å². The molecule has 2 aromatic rings. The van der Waals surface area contributed by atoms with E-state index < -0.39 is 0 Å². The van der Waals surface area contributed by atoms with Crippen molar-refractivity contribution < 1.29 is 14.2 Å². The van der Waals surface area contributed by atoms with Crippen molar-refractivity contribution in [3.8, 4) is 11.5 Å². The van der Waals surface area contributed by atoms with Crippen LogP contribution in [0.15, 0.2) is 48.8 Å². The zero-order chi connectivity index (χ0) is 16.8. The van der Waals surface area contributed by atoms with Gasteiger partial charge in [0.2, 0.25) is 0 Å². The maximum atomic E-state index is 5.91. The Morgan fingerprint density at radius 3 is 2.79 bits per heavy atom. The zero-order valence-electron chi connectivity index (χ0n) is 14.2. The minimum Gasteiger partial charge on any atom is -0.497 e. The Labute approximate surface area is 143 Å². The van der Waals surface area contributed by atoms with Gasteiger partial charge in [-0.1, -0.05) is 12.1 Å². The predicted molar refractivity (Wildman–Crippen MR) is 92.3 cm³/mol. The highest BCUT2D eigenvalue weighted by Crippen LogP contribution is 2.24. The molecule has 128 valence electrons. The highest BCUT2D eigenvalue weighted by Gasteiger charge is 2.32. The topological polar surface area (TPSA) is 43.8 Å². The van der Waals surface area contributed by atoms with Crippen molar-refractivity contribution in [3.63, 3.8) is 0 Å². The van der Waals surface area contributed by atoms with Gasteiger partial charge in [-0.3, -0.25) is 9.88 Å². The van der Waals surface area contributed by atoms with E-state index in [1.54, 1.807) is 26.6 Å². The van der Waals surface area contributed by atoms with Crippen LogP contribution < -0.4 is 9.47 Å². The molecule has 0 bridgehead atoms. The summed E-state index contributed by atoms with van der Waals surface area (Å²) in [6.45, 7) is 2.41. The molecule has 0 amide bonds. The van der Waals surface area contributed by atoms with Gasteiger partial charge in [0.1, 0.15) is 18.1 Å². The maximum absolute atomic E-state index is 5.91. The Hall–Kier alpha value is -2.11. The molecule has 1 aliphatic heterocycles. The molecule has 3 rings (SSSR count). The highest BCUT2D eigenvalue weighted by molar-refractivity contribution is 5.28. The summed E-state index contributed by atoms with van der Waals surface area (Å²) in [6, 6.07) is 12.3. The molecule has 24 heavy (non-hydrogen) atoms. The predicted octanol–water partition coefficient (Wildman–Crippen LogP) is 2.76. The fourth-order valence-corrected chi connectivity index (χ4v) is 3.11. The number of rotatable bonds is 7. The van der Waals surface area contributed by atoms with Crippen molar-refractivity contribution >= 4 is 0 Å². The van der Waals surface area contributed by atoms with E-state index in [1.807, 2.05) is 24.3 Å².